The van der Waals surface area contributed by atoms with E-state index in [0.29, 0.717) is 11.3 Å². The minimum Gasteiger partial charge on any atom is -0.507 e. The van der Waals surface area contributed by atoms with Crippen LogP contribution in [0.4, 0.5) is 0 Å². The van der Waals surface area contributed by atoms with Crippen molar-refractivity contribution in [3.8, 4) is 11.8 Å². The Morgan fingerprint density at radius 2 is 1.93 bits per heavy atom. The molecule has 28 heavy (non-hydrogen) atoms. The van der Waals surface area contributed by atoms with Crippen LogP contribution in [0.3, 0.4) is 0 Å². The highest BCUT2D eigenvalue weighted by Gasteiger charge is 2.15. The molecule has 3 rings (SSSR count). The van der Waals surface area contributed by atoms with Crippen molar-refractivity contribution < 1.29 is 19.4 Å². The van der Waals surface area contributed by atoms with Gasteiger partial charge in [0.05, 0.1) is 11.0 Å². The van der Waals surface area contributed by atoms with Crippen molar-refractivity contribution in [1.29, 1.82) is 5.26 Å². The van der Waals surface area contributed by atoms with Crippen LogP contribution in [0.5, 0.6) is 5.75 Å². The summed E-state index contributed by atoms with van der Waals surface area (Å²) in [5, 5.41) is 19.5. The van der Waals surface area contributed by atoms with Crippen molar-refractivity contribution in [3.05, 3.63) is 65.7 Å². The van der Waals surface area contributed by atoms with E-state index in [9.17, 15) is 15.2 Å². The second-order valence-corrected chi connectivity index (χ2v) is 5.98. The molecule has 0 unspecified atom stereocenters. The van der Waals surface area contributed by atoms with Crippen LogP contribution < -0.4 is 4.74 Å². The van der Waals surface area contributed by atoms with Gasteiger partial charge < -0.3 is 19.6 Å². The van der Waals surface area contributed by atoms with Gasteiger partial charge in [0, 0.05) is 0 Å². The number of rotatable bonds is 7. The third-order valence-electron chi connectivity index (χ3n) is 4.08. The molecule has 0 spiro atoms. The van der Waals surface area contributed by atoms with Crippen LogP contribution in [0.15, 0.2) is 54.3 Å². The average molecular weight is 377 g/mol. The Labute approximate surface area is 161 Å². The minimum atomic E-state index is -0.659. The standard InChI is InChI=1S/C21H19N3O4/c1-2-14-7-9-15(10-8-14)27-13-20(26)28-12-19(25)16(11-22)21-23-17-5-3-4-6-18(17)24-21/h3-10,25H,2,12-13H2,1H3,(H,23,24)/b19-16-. The van der Waals surface area contributed by atoms with Crippen LogP contribution in [0.25, 0.3) is 16.6 Å². The molecule has 2 N–H and O–H groups in total. The number of H-pyrrole nitrogens is 1. The van der Waals surface area contributed by atoms with Crippen LogP contribution in [0.2, 0.25) is 0 Å². The molecular formula is C21H19N3O4. The van der Waals surface area contributed by atoms with Gasteiger partial charge >= 0.3 is 5.97 Å². The van der Waals surface area contributed by atoms with Gasteiger partial charge in [-0.2, -0.15) is 5.26 Å². The summed E-state index contributed by atoms with van der Waals surface area (Å²) in [6, 6.07) is 16.5. The molecule has 1 aromatic heterocycles. The van der Waals surface area contributed by atoms with Gasteiger partial charge in [0.2, 0.25) is 0 Å². The first-order valence-corrected chi connectivity index (χ1v) is 8.75. The number of esters is 1. The van der Waals surface area contributed by atoms with Gasteiger partial charge in [-0.05, 0) is 36.2 Å². The lowest BCUT2D eigenvalue weighted by Gasteiger charge is -2.08. The first-order chi connectivity index (χ1) is 13.6. The number of fused-ring (bicyclic) bond motifs is 1. The molecule has 1 heterocycles. The van der Waals surface area contributed by atoms with E-state index in [1.165, 1.54) is 5.56 Å². The topological polar surface area (TPSA) is 108 Å². The summed E-state index contributed by atoms with van der Waals surface area (Å²) in [7, 11) is 0. The number of hydrogen-bond donors (Lipinski definition) is 2. The molecule has 0 aliphatic carbocycles. The van der Waals surface area contributed by atoms with Gasteiger partial charge in [0.15, 0.2) is 18.2 Å². The molecule has 0 atom stereocenters. The second kappa shape index (κ2) is 8.73. The van der Waals surface area contributed by atoms with E-state index >= 15 is 0 Å². The summed E-state index contributed by atoms with van der Waals surface area (Å²) in [5.41, 5.74) is 2.48. The first-order valence-electron chi connectivity index (χ1n) is 8.75. The van der Waals surface area contributed by atoms with Crippen molar-refractivity contribution in [3.63, 3.8) is 0 Å². The fraction of sp³-hybridized carbons (Fsp3) is 0.190. The number of benzene rings is 2. The van der Waals surface area contributed by atoms with Crippen molar-refractivity contribution >= 4 is 22.6 Å². The number of aromatic nitrogens is 2. The van der Waals surface area contributed by atoms with E-state index < -0.39 is 12.6 Å². The molecule has 0 aliphatic heterocycles. The molecule has 0 aliphatic rings. The van der Waals surface area contributed by atoms with Gasteiger partial charge in [-0.1, -0.05) is 31.2 Å². The maximum Gasteiger partial charge on any atom is 0.344 e. The van der Waals surface area contributed by atoms with Gasteiger partial charge in [0.25, 0.3) is 0 Å². The summed E-state index contributed by atoms with van der Waals surface area (Å²) < 4.78 is 10.3. The number of aryl methyl sites for hydroxylation is 1. The zero-order chi connectivity index (χ0) is 19.9. The lowest BCUT2D eigenvalue weighted by Crippen LogP contribution is -2.16. The molecule has 7 heteroatoms. The monoisotopic (exact) mass is 377 g/mol. The van der Waals surface area contributed by atoms with Crippen molar-refractivity contribution in [2.24, 2.45) is 0 Å². The molecule has 3 aromatic rings. The summed E-state index contributed by atoms with van der Waals surface area (Å²) in [5.74, 6) is -0.284. The predicted octanol–water partition coefficient (Wildman–Crippen LogP) is 3.54. The molecule has 0 bridgehead atoms. The zero-order valence-corrected chi connectivity index (χ0v) is 15.3. The van der Waals surface area contributed by atoms with E-state index in [-0.39, 0.29) is 23.8 Å². The average Bonchev–Trinajstić information content (AvgIpc) is 3.15. The molecular weight excluding hydrogens is 358 g/mol. The summed E-state index contributed by atoms with van der Waals surface area (Å²) in [6.45, 7) is 1.30. The number of nitriles is 1. The van der Waals surface area contributed by atoms with E-state index in [1.54, 1.807) is 18.2 Å². The van der Waals surface area contributed by atoms with E-state index in [0.717, 1.165) is 11.9 Å². The molecule has 0 saturated heterocycles. The van der Waals surface area contributed by atoms with Crippen molar-refractivity contribution in [1.82, 2.24) is 9.97 Å². The van der Waals surface area contributed by atoms with Gasteiger partial charge in [-0.25, -0.2) is 9.78 Å². The normalized spacial score (nSPS) is 11.6. The van der Waals surface area contributed by atoms with Gasteiger partial charge in [-0.15, -0.1) is 0 Å². The lowest BCUT2D eigenvalue weighted by molar-refractivity contribution is -0.145. The predicted molar refractivity (Wildman–Crippen MR) is 104 cm³/mol. The summed E-state index contributed by atoms with van der Waals surface area (Å²) in [6.07, 6.45) is 0.917. The van der Waals surface area contributed by atoms with Crippen molar-refractivity contribution in [2.45, 2.75) is 13.3 Å². The largest absolute Gasteiger partial charge is 0.507 e. The third-order valence-corrected chi connectivity index (χ3v) is 4.08. The van der Waals surface area contributed by atoms with Crippen molar-refractivity contribution in [2.75, 3.05) is 13.2 Å². The SMILES string of the molecule is CCc1ccc(OCC(=O)OC/C(O)=C(\C#N)c2nc3ccccc3[nH]2)cc1. The number of nitrogens with zero attached hydrogens (tertiary/aromatic N) is 2. The maximum absolute atomic E-state index is 11.8. The number of aliphatic hydroxyl groups excluding tert-OH is 1. The van der Waals surface area contributed by atoms with Crippen LogP contribution in [-0.4, -0.2) is 34.3 Å². The van der Waals surface area contributed by atoms with E-state index in [1.807, 2.05) is 43.3 Å². The van der Waals surface area contributed by atoms with E-state index in [4.69, 9.17) is 9.47 Å². The summed E-state index contributed by atoms with van der Waals surface area (Å²) in [4.78, 5) is 19.1. The van der Waals surface area contributed by atoms with Gasteiger partial charge in [0.1, 0.15) is 24.0 Å². The molecule has 0 fully saturated rings. The number of imidazole rings is 1. The number of aliphatic hydroxyl groups is 1. The molecule has 2 aromatic carbocycles. The third kappa shape index (κ3) is 4.48. The molecule has 142 valence electrons. The molecule has 0 radical (unpaired) electrons. The molecule has 7 nitrogen and oxygen atoms in total. The fourth-order valence-corrected chi connectivity index (χ4v) is 2.55. The number of carbonyl (C=O) groups is 1. The fourth-order valence-electron chi connectivity index (χ4n) is 2.55. The Balaban J connectivity index is 1.59. The highest BCUT2D eigenvalue weighted by Crippen LogP contribution is 2.19. The number of carbonyl (C=O) groups excluding carboxylic acids is 1. The van der Waals surface area contributed by atoms with E-state index in [2.05, 4.69) is 9.97 Å². The first kappa shape index (κ1) is 19.0. The Morgan fingerprint density at radius 1 is 1.18 bits per heavy atom. The van der Waals surface area contributed by atoms with Gasteiger partial charge in [-0.3, -0.25) is 0 Å². The Kier molecular flexibility index (Phi) is 5.92. The highest BCUT2D eigenvalue weighted by atomic mass is 16.6. The minimum absolute atomic E-state index is 0.0833. The number of ether oxygens (including phenoxy) is 2. The Morgan fingerprint density at radius 3 is 2.61 bits per heavy atom. The van der Waals surface area contributed by atoms with Crippen LogP contribution in [-0.2, 0) is 16.0 Å². The molecule has 0 amide bonds. The Hall–Kier alpha value is -3.79. The molecule has 0 saturated carbocycles. The second-order valence-electron chi connectivity index (χ2n) is 5.98. The van der Waals surface area contributed by atoms with Crippen LogP contribution in [0.1, 0.15) is 18.3 Å². The number of aromatic amines is 1. The Bertz CT molecular complexity index is 1010. The number of allylic oxidation sites excluding steroid dienone is 1. The quantitative estimate of drug-likeness (QED) is 0.370. The number of nitrogens with one attached hydrogen (secondary N) is 1. The highest BCUT2D eigenvalue weighted by molar-refractivity contribution is 5.83. The summed E-state index contributed by atoms with van der Waals surface area (Å²) >= 11 is 0. The van der Waals surface area contributed by atoms with Crippen LogP contribution in [0, 0.1) is 11.3 Å². The zero-order valence-electron chi connectivity index (χ0n) is 15.3. The maximum atomic E-state index is 11.8. The van der Waals surface area contributed by atoms with Crippen LogP contribution >= 0.6 is 0 Å². The number of para-hydroxylation sites is 2. The number of hydrogen-bond acceptors (Lipinski definition) is 6. The smallest absolute Gasteiger partial charge is 0.344 e. The lowest BCUT2D eigenvalue weighted by atomic mass is 10.2.